The van der Waals surface area contributed by atoms with Crippen molar-refractivity contribution in [3.05, 3.63) is 40.1 Å². The number of thiazole rings is 1. The van der Waals surface area contributed by atoms with Crippen molar-refractivity contribution < 1.29 is 9.50 Å². The van der Waals surface area contributed by atoms with Crippen LogP contribution in [0.5, 0.6) is 5.75 Å². The van der Waals surface area contributed by atoms with Gasteiger partial charge in [-0.2, -0.15) is 0 Å². The monoisotopic (exact) mass is 238 g/mol. The SMILES string of the molecule is Cc1csc(CNc2ccc(O)c(F)c2)n1. The average Bonchev–Trinajstić information content (AvgIpc) is 2.66. The van der Waals surface area contributed by atoms with E-state index in [0.29, 0.717) is 12.2 Å². The maximum atomic E-state index is 13.0. The fraction of sp³-hybridized carbons (Fsp3) is 0.182. The molecule has 16 heavy (non-hydrogen) atoms. The van der Waals surface area contributed by atoms with E-state index in [2.05, 4.69) is 10.3 Å². The molecule has 0 saturated carbocycles. The number of phenolic OH excluding ortho intramolecular Hbond substituents is 1. The summed E-state index contributed by atoms with van der Waals surface area (Å²) in [6, 6.07) is 4.21. The van der Waals surface area contributed by atoms with Gasteiger partial charge in [0.1, 0.15) is 5.01 Å². The van der Waals surface area contributed by atoms with Crippen LogP contribution >= 0.6 is 11.3 Å². The van der Waals surface area contributed by atoms with Gasteiger partial charge in [-0.15, -0.1) is 11.3 Å². The zero-order chi connectivity index (χ0) is 11.5. The number of phenols is 1. The number of hydrogen-bond donors (Lipinski definition) is 2. The lowest BCUT2D eigenvalue weighted by Gasteiger charge is -2.04. The molecule has 3 nitrogen and oxygen atoms in total. The van der Waals surface area contributed by atoms with Crippen LogP contribution in [0.3, 0.4) is 0 Å². The van der Waals surface area contributed by atoms with Crippen molar-refractivity contribution in [2.45, 2.75) is 13.5 Å². The third-order valence-corrected chi connectivity index (χ3v) is 3.02. The zero-order valence-electron chi connectivity index (χ0n) is 8.70. The van der Waals surface area contributed by atoms with Gasteiger partial charge in [0.15, 0.2) is 11.6 Å². The van der Waals surface area contributed by atoms with Gasteiger partial charge in [0.05, 0.1) is 6.54 Å². The van der Waals surface area contributed by atoms with E-state index in [4.69, 9.17) is 5.11 Å². The average molecular weight is 238 g/mol. The molecule has 0 aliphatic rings. The smallest absolute Gasteiger partial charge is 0.166 e. The Morgan fingerprint density at radius 3 is 2.94 bits per heavy atom. The normalized spacial score (nSPS) is 10.4. The molecule has 0 bridgehead atoms. The van der Waals surface area contributed by atoms with E-state index in [9.17, 15) is 4.39 Å². The van der Waals surface area contributed by atoms with Gasteiger partial charge in [-0.1, -0.05) is 0 Å². The van der Waals surface area contributed by atoms with E-state index in [-0.39, 0.29) is 5.75 Å². The Morgan fingerprint density at radius 1 is 1.50 bits per heavy atom. The van der Waals surface area contributed by atoms with Gasteiger partial charge in [0.2, 0.25) is 0 Å². The van der Waals surface area contributed by atoms with Crippen LogP contribution in [-0.2, 0) is 6.54 Å². The minimum absolute atomic E-state index is 0.337. The molecule has 0 amide bonds. The molecule has 0 radical (unpaired) electrons. The second-order valence-electron chi connectivity index (χ2n) is 3.40. The molecule has 0 unspecified atom stereocenters. The first-order valence-corrected chi connectivity index (χ1v) is 5.66. The van der Waals surface area contributed by atoms with Crippen molar-refractivity contribution in [1.29, 1.82) is 0 Å². The van der Waals surface area contributed by atoms with Gasteiger partial charge in [-0.25, -0.2) is 9.37 Å². The van der Waals surface area contributed by atoms with Crippen LogP contribution < -0.4 is 5.32 Å². The molecule has 2 aromatic rings. The predicted molar refractivity (Wildman–Crippen MR) is 62.2 cm³/mol. The summed E-state index contributed by atoms with van der Waals surface area (Å²) >= 11 is 1.56. The quantitative estimate of drug-likeness (QED) is 0.808. The number of nitrogens with zero attached hydrogens (tertiary/aromatic N) is 1. The standard InChI is InChI=1S/C11H11FN2OS/c1-7-6-16-11(14-7)5-13-8-2-3-10(15)9(12)4-8/h2-4,6,13,15H,5H2,1H3. The highest BCUT2D eigenvalue weighted by molar-refractivity contribution is 7.09. The van der Waals surface area contributed by atoms with Crippen LogP contribution in [0.4, 0.5) is 10.1 Å². The Bertz CT molecular complexity index is 498. The molecule has 1 aromatic carbocycles. The molecule has 0 fully saturated rings. The molecule has 2 rings (SSSR count). The maximum Gasteiger partial charge on any atom is 0.166 e. The third kappa shape index (κ3) is 2.49. The molecule has 0 aliphatic heterocycles. The minimum Gasteiger partial charge on any atom is -0.505 e. The molecule has 0 atom stereocenters. The fourth-order valence-electron chi connectivity index (χ4n) is 1.28. The Morgan fingerprint density at radius 2 is 2.31 bits per heavy atom. The number of halogens is 1. The van der Waals surface area contributed by atoms with Crippen molar-refractivity contribution in [3.63, 3.8) is 0 Å². The number of anilines is 1. The third-order valence-electron chi connectivity index (χ3n) is 2.06. The molecule has 84 valence electrons. The Labute approximate surface area is 96.6 Å². The van der Waals surface area contributed by atoms with Gasteiger partial charge < -0.3 is 10.4 Å². The van der Waals surface area contributed by atoms with E-state index in [1.165, 1.54) is 12.1 Å². The number of aromatic hydroxyl groups is 1. The van der Waals surface area contributed by atoms with Gasteiger partial charge >= 0.3 is 0 Å². The largest absolute Gasteiger partial charge is 0.505 e. The summed E-state index contributed by atoms with van der Waals surface area (Å²) in [5.41, 5.74) is 1.61. The number of aryl methyl sites for hydroxylation is 1. The van der Waals surface area contributed by atoms with E-state index in [0.717, 1.165) is 10.7 Å². The Balaban J connectivity index is 2.02. The summed E-state index contributed by atoms with van der Waals surface area (Å²) in [5, 5.41) is 15.0. The highest BCUT2D eigenvalue weighted by Gasteiger charge is 2.02. The van der Waals surface area contributed by atoms with Crippen LogP contribution in [0.2, 0.25) is 0 Å². The molecule has 1 aromatic heterocycles. The molecular formula is C11H11FN2OS. The van der Waals surface area contributed by atoms with E-state index in [1.807, 2.05) is 12.3 Å². The first-order chi connectivity index (χ1) is 7.65. The van der Waals surface area contributed by atoms with Crippen molar-refractivity contribution in [3.8, 4) is 5.75 Å². The molecule has 5 heteroatoms. The summed E-state index contributed by atoms with van der Waals surface area (Å²) < 4.78 is 13.0. The first-order valence-electron chi connectivity index (χ1n) is 4.78. The van der Waals surface area contributed by atoms with Gasteiger partial charge in [-0.3, -0.25) is 0 Å². The fourth-order valence-corrected chi connectivity index (χ4v) is 1.99. The highest BCUT2D eigenvalue weighted by atomic mass is 32.1. The Kier molecular flexibility index (Phi) is 3.05. The maximum absolute atomic E-state index is 13.0. The molecule has 0 spiro atoms. The molecule has 1 heterocycles. The molecule has 0 aliphatic carbocycles. The molecule has 0 saturated heterocycles. The number of aromatic nitrogens is 1. The minimum atomic E-state index is -0.625. The van der Waals surface area contributed by atoms with Crippen molar-refractivity contribution in [2.75, 3.05) is 5.32 Å². The molecule has 2 N–H and O–H groups in total. The van der Waals surface area contributed by atoms with Crippen molar-refractivity contribution in [1.82, 2.24) is 4.98 Å². The van der Waals surface area contributed by atoms with E-state index < -0.39 is 5.82 Å². The summed E-state index contributed by atoms with van der Waals surface area (Å²) in [6.45, 7) is 2.49. The van der Waals surface area contributed by atoms with Crippen LogP contribution in [0.1, 0.15) is 10.7 Å². The topological polar surface area (TPSA) is 45.1 Å². The van der Waals surface area contributed by atoms with Gasteiger partial charge in [0, 0.05) is 22.8 Å². The lowest BCUT2D eigenvalue weighted by Crippen LogP contribution is -1.99. The van der Waals surface area contributed by atoms with Gasteiger partial charge in [0.25, 0.3) is 0 Å². The van der Waals surface area contributed by atoms with Crippen LogP contribution in [0.15, 0.2) is 23.6 Å². The zero-order valence-corrected chi connectivity index (χ0v) is 9.51. The predicted octanol–water partition coefficient (Wildman–Crippen LogP) is 2.91. The number of nitrogens with one attached hydrogen (secondary N) is 1. The van der Waals surface area contributed by atoms with E-state index in [1.54, 1.807) is 17.4 Å². The van der Waals surface area contributed by atoms with Crippen LogP contribution in [-0.4, -0.2) is 10.1 Å². The Hall–Kier alpha value is -1.62. The number of benzene rings is 1. The molecular weight excluding hydrogens is 227 g/mol. The van der Waals surface area contributed by atoms with E-state index >= 15 is 0 Å². The summed E-state index contributed by atoms with van der Waals surface area (Å²) in [4.78, 5) is 4.28. The van der Waals surface area contributed by atoms with Crippen LogP contribution in [0, 0.1) is 12.7 Å². The summed E-state index contributed by atoms with van der Waals surface area (Å²) in [7, 11) is 0. The second-order valence-corrected chi connectivity index (χ2v) is 4.35. The summed E-state index contributed by atoms with van der Waals surface area (Å²) in [6.07, 6.45) is 0. The number of rotatable bonds is 3. The van der Waals surface area contributed by atoms with Crippen molar-refractivity contribution in [2.24, 2.45) is 0 Å². The van der Waals surface area contributed by atoms with Gasteiger partial charge in [-0.05, 0) is 19.1 Å². The van der Waals surface area contributed by atoms with Crippen LogP contribution in [0.25, 0.3) is 0 Å². The lowest BCUT2D eigenvalue weighted by molar-refractivity contribution is 0.432. The number of hydrogen-bond acceptors (Lipinski definition) is 4. The van der Waals surface area contributed by atoms with Crippen molar-refractivity contribution >= 4 is 17.0 Å². The highest BCUT2D eigenvalue weighted by Crippen LogP contribution is 2.20. The second kappa shape index (κ2) is 4.49. The lowest BCUT2D eigenvalue weighted by atomic mass is 10.3. The first kappa shape index (κ1) is 10.9. The summed E-state index contributed by atoms with van der Waals surface area (Å²) in [5.74, 6) is -0.962.